The third-order valence-corrected chi connectivity index (χ3v) is 6.80. The van der Waals surface area contributed by atoms with Gasteiger partial charge >= 0.3 is 5.97 Å². The Kier molecular flexibility index (Phi) is 6.23. The number of nitrogens with zero attached hydrogens (tertiary/aromatic N) is 4. The zero-order valence-corrected chi connectivity index (χ0v) is 18.9. The van der Waals surface area contributed by atoms with Crippen LogP contribution < -0.4 is 5.56 Å². The van der Waals surface area contributed by atoms with Gasteiger partial charge in [0.2, 0.25) is 0 Å². The molecular weight excluding hydrogens is 438 g/mol. The smallest absolute Gasteiger partial charge is 0.313 e. The van der Waals surface area contributed by atoms with Crippen LogP contribution in [0.2, 0.25) is 0 Å². The molecule has 0 amide bonds. The van der Waals surface area contributed by atoms with E-state index in [1.165, 1.54) is 23.1 Å². The van der Waals surface area contributed by atoms with Crippen molar-refractivity contribution in [2.24, 2.45) is 0 Å². The summed E-state index contributed by atoms with van der Waals surface area (Å²) in [6.07, 6.45) is 1.60. The Labute approximate surface area is 185 Å². The number of aromatic nitrogens is 5. The molecule has 0 saturated heterocycles. The maximum atomic E-state index is 12.5. The molecule has 0 aliphatic rings. The van der Waals surface area contributed by atoms with Crippen molar-refractivity contribution < 1.29 is 13.9 Å². The summed E-state index contributed by atoms with van der Waals surface area (Å²) >= 11 is 2.89. The maximum absolute atomic E-state index is 12.5. The van der Waals surface area contributed by atoms with E-state index in [9.17, 15) is 9.59 Å². The Hall–Kier alpha value is -2.92. The molecule has 11 heteroatoms. The Bertz CT molecular complexity index is 1270. The van der Waals surface area contributed by atoms with Gasteiger partial charge in [0.1, 0.15) is 28.7 Å². The van der Waals surface area contributed by atoms with Crippen molar-refractivity contribution in [2.75, 3.05) is 6.61 Å². The lowest BCUT2D eigenvalue weighted by Gasteiger charge is -2.08. The molecule has 162 valence electrons. The van der Waals surface area contributed by atoms with Gasteiger partial charge in [0, 0.05) is 4.88 Å². The number of aryl methyl sites for hydroxylation is 2. The SMILES string of the molecule is CCOC(=O)Cc1nnc(SCc2nc3sc(C)c(C)c3c(=O)[nH]2)n1Cc1ccco1. The summed E-state index contributed by atoms with van der Waals surface area (Å²) in [6.45, 7) is 6.35. The lowest BCUT2D eigenvalue weighted by atomic mass is 10.2. The summed E-state index contributed by atoms with van der Waals surface area (Å²) in [7, 11) is 0. The number of thioether (sulfide) groups is 1. The molecule has 9 nitrogen and oxygen atoms in total. The minimum Gasteiger partial charge on any atom is -0.467 e. The quantitative estimate of drug-likeness (QED) is 0.315. The molecule has 0 aromatic carbocycles. The van der Waals surface area contributed by atoms with Crippen molar-refractivity contribution in [3.8, 4) is 0 Å². The summed E-state index contributed by atoms with van der Waals surface area (Å²) in [4.78, 5) is 33.8. The first-order chi connectivity index (χ1) is 15.0. The predicted octanol–water partition coefficient (Wildman–Crippen LogP) is 3.23. The summed E-state index contributed by atoms with van der Waals surface area (Å²) < 4.78 is 12.3. The molecule has 4 heterocycles. The topological polar surface area (TPSA) is 116 Å². The van der Waals surface area contributed by atoms with E-state index in [0.29, 0.717) is 46.9 Å². The van der Waals surface area contributed by atoms with Gasteiger partial charge in [-0.1, -0.05) is 11.8 Å². The van der Waals surface area contributed by atoms with E-state index in [4.69, 9.17) is 9.15 Å². The number of carbonyl (C=O) groups is 1. The Morgan fingerprint density at radius 2 is 2.19 bits per heavy atom. The monoisotopic (exact) mass is 459 g/mol. The van der Waals surface area contributed by atoms with Crippen LogP contribution in [0.5, 0.6) is 0 Å². The van der Waals surface area contributed by atoms with E-state index in [-0.39, 0.29) is 17.9 Å². The molecule has 0 aliphatic carbocycles. The zero-order chi connectivity index (χ0) is 22.0. The lowest BCUT2D eigenvalue weighted by molar-refractivity contribution is -0.142. The molecule has 0 aliphatic heterocycles. The first-order valence-corrected chi connectivity index (χ1v) is 11.5. The second-order valence-corrected chi connectivity index (χ2v) is 8.96. The number of H-pyrrole nitrogens is 1. The van der Waals surface area contributed by atoms with Crippen molar-refractivity contribution in [3.05, 3.63) is 56.6 Å². The van der Waals surface area contributed by atoms with E-state index < -0.39 is 0 Å². The van der Waals surface area contributed by atoms with Crippen LogP contribution in [-0.4, -0.2) is 37.3 Å². The van der Waals surface area contributed by atoms with Crippen molar-refractivity contribution in [2.45, 2.75) is 44.6 Å². The number of thiophene rings is 1. The van der Waals surface area contributed by atoms with Crippen LogP contribution in [0, 0.1) is 13.8 Å². The highest BCUT2D eigenvalue weighted by Gasteiger charge is 2.19. The molecule has 0 saturated carbocycles. The van der Waals surface area contributed by atoms with Crippen molar-refractivity contribution in [1.29, 1.82) is 0 Å². The molecule has 0 bridgehead atoms. The van der Waals surface area contributed by atoms with Crippen LogP contribution in [0.4, 0.5) is 0 Å². The molecule has 0 radical (unpaired) electrons. The molecule has 0 atom stereocenters. The van der Waals surface area contributed by atoms with Crippen LogP contribution in [0.15, 0.2) is 32.8 Å². The minimum absolute atomic E-state index is 0.0108. The molecule has 0 unspecified atom stereocenters. The highest BCUT2D eigenvalue weighted by molar-refractivity contribution is 7.98. The number of carbonyl (C=O) groups excluding carboxylic acids is 1. The average molecular weight is 460 g/mol. The van der Waals surface area contributed by atoms with Gasteiger partial charge in [-0.2, -0.15) is 0 Å². The van der Waals surface area contributed by atoms with Gasteiger partial charge in [0.15, 0.2) is 5.16 Å². The van der Waals surface area contributed by atoms with E-state index in [1.807, 2.05) is 24.5 Å². The number of hydrogen-bond donors (Lipinski definition) is 1. The van der Waals surface area contributed by atoms with Gasteiger partial charge in [-0.05, 0) is 38.5 Å². The number of aromatic amines is 1. The maximum Gasteiger partial charge on any atom is 0.313 e. The average Bonchev–Trinajstić information content (AvgIpc) is 3.43. The number of esters is 1. The van der Waals surface area contributed by atoms with Crippen LogP contribution in [0.1, 0.15) is 34.8 Å². The van der Waals surface area contributed by atoms with Gasteiger partial charge in [-0.15, -0.1) is 21.5 Å². The predicted molar refractivity (Wildman–Crippen MR) is 117 cm³/mol. The van der Waals surface area contributed by atoms with Crippen LogP contribution in [-0.2, 0) is 28.2 Å². The van der Waals surface area contributed by atoms with Crippen LogP contribution in [0.25, 0.3) is 10.2 Å². The minimum atomic E-state index is -0.368. The second-order valence-electron chi connectivity index (χ2n) is 6.81. The standard InChI is InChI=1S/C20H21N5O4S2/c1-4-28-16(26)8-15-23-24-20(25(15)9-13-6-5-7-29-13)30-10-14-21-18(27)17-11(2)12(3)31-19(17)22-14/h5-7H,4,8-10H2,1-3H3,(H,21,22,27). The van der Waals surface area contributed by atoms with Gasteiger partial charge in [-0.25, -0.2) is 4.98 Å². The number of rotatable bonds is 8. The molecule has 1 N–H and O–H groups in total. The van der Waals surface area contributed by atoms with Crippen molar-refractivity contribution >= 4 is 39.3 Å². The van der Waals surface area contributed by atoms with Crippen molar-refractivity contribution in [1.82, 2.24) is 24.7 Å². The molecule has 0 spiro atoms. The van der Waals surface area contributed by atoms with Crippen LogP contribution >= 0.6 is 23.1 Å². The fourth-order valence-electron chi connectivity index (χ4n) is 3.12. The normalized spacial score (nSPS) is 11.3. The number of nitrogens with one attached hydrogen (secondary N) is 1. The molecule has 4 aromatic heterocycles. The number of fused-ring (bicyclic) bond motifs is 1. The Morgan fingerprint density at radius 1 is 1.35 bits per heavy atom. The molecular formula is C20H21N5O4S2. The summed E-state index contributed by atoms with van der Waals surface area (Å²) in [5, 5.41) is 9.65. The van der Waals surface area contributed by atoms with Gasteiger partial charge in [-0.3, -0.25) is 14.2 Å². The highest BCUT2D eigenvalue weighted by atomic mass is 32.2. The molecule has 4 aromatic rings. The molecule has 31 heavy (non-hydrogen) atoms. The van der Waals surface area contributed by atoms with E-state index >= 15 is 0 Å². The van der Waals surface area contributed by atoms with E-state index in [0.717, 1.165) is 15.3 Å². The summed E-state index contributed by atoms with van der Waals surface area (Å²) in [5.41, 5.74) is 0.831. The van der Waals surface area contributed by atoms with Gasteiger partial charge in [0.25, 0.3) is 5.56 Å². The fourth-order valence-corrected chi connectivity index (χ4v) is 4.99. The summed E-state index contributed by atoms with van der Waals surface area (Å²) in [6, 6.07) is 3.64. The van der Waals surface area contributed by atoms with Crippen molar-refractivity contribution in [3.63, 3.8) is 0 Å². The number of ether oxygens (including phenoxy) is 1. The third kappa shape index (κ3) is 4.57. The molecule has 4 rings (SSSR count). The second kappa shape index (κ2) is 9.06. The largest absolute Gasteiger partial charge is 0.467 e. The Morgan fingerprint density at radius 3 is 2.94 bits per heavy atom. The van der Waals surface area contributed by atoms with E-state index in [2.05, 4.69) is 20.2 Å². The summed E-state index contributed by atoms with van der Waals surface area (Å²) in [5.74, 6) is 1.79. The third-order valence-electron chi connectivity index (χ3n) is 4.72. The highest BCUT2D eigenvalue weighted by Crippen LogP contribution is 2.27. The van der Waals surface area contributed by atoms with E-state index in [1.54, 1.807) is 19.3 Å². The Balaban J connectivity index is 1.59. The fraction of sp³-hybridized carbons (Fsp3) is 0.350. The lowest BCUT2D eigenvalue weighted by Crippen LogP contribution is -2.14. The first kappa shape index (κ1) is 21.3. The zero-order valence-electron chi connectivity index (χ0n) is 17.3. The number of hydrogen-bond acceptors (Lipinski definition) is 9. The first-order valence-electron chi connectivity index (χ1n) is 9.68. The van der Waals surface area contributed by atoms with Crippen LogP contribution in [0.3, 0.4) is 0 Å². The molecule has 0 fully saturated rings. The van der Waals surface area contributed by atoms with Gasteiger partial charge in [0.05, 0.1) is 30.6 Å². The van der Waals surface area contributed by atoms with Gasteiger partial charge < -0.3 is 14.1 Å². The number of furan rings is 1.